The molecule has 3 amide bonds. The van der Waals surface area contributed by atoms with Crippen molar-refractivity contribution in [1.82, 2.24) is 20.0 Å². The predicted octanol–water partition coefficient (Wildman–Crippen LogP) is 4.08. The lowest BCUT2D eigenvalue weighted by molar-refractivity contribution is -0.0881. The van der Waals surface area contributed by atoms with Crippen LogP contribution in [0.3, 0.4) is 0 Å². The number of likely N-dealkylation sites (N-methyl/N-ethyl adjacent to an activating group) is 2. The average Bonchev–Trinajstić information content (AvgIpc) is 3.50. The summed E-state index contributed by atoms with van der Waals surface area (Å²) in [6.07, 6.45) is 2.81. The third-order valence-electron chi connectivity index (χ3n) is 7.11. The highest BCUT2D eigenvalue weighted by molar-refractivity contribution is 5.94. The molecule has 3 aliphatic rings. The zero-order valence-electron chi connectivity index (χ0n) is 20.0. The number of carbonyl (C=O) groups is 2. The summed E-state index contributed by atoms with van der Waals surface area (Å²) in [4.78, 5) is 31.3. The van der Waals surface area contributed by atoms with Crippen LogP contribution in [0.2, 0.25) is 0 Å². The Balaban J connectivity index is 1.37. The lowest BCUT2D eigenvalue weighted by Gasteiger charge is -2.30. The number of amides is 3. The maximum atomic E-state index is 13.1. The van der Waals surface area contributed by atoms with Gasteiger partial charge in [-0.05, 0) is 55.2 Å². The summed E-state index contributed by atoms with van der Waals surface area (Å²) in [6, 6.07) is 7.08. The first-order valence-corrected chi connectivity index (χ1v) is 11.9. The fraction of sp³-hybridized carbons (Fsp3) is 0.462. The van der Waals surface area contributed by atoms with E-state index in [0.717, 1.165) is 49.2 Å². The first kappa shape index (κ1) is 25.0. The number of allylic oxidation sites excluding steroid dienone is 6. The minimum absolute atomic E-state index is 0.000133. The summed E-state index contributed by atoms with van der Waals surface area (Å²) in [5, 5.41) is 3.27. The Labute approximate surface area is 203 Å². The van der Waals surface area contributed by atoms with E-state index in [-0.39, 0.29) is 24.0 Å². The molecule has 0 radical (unpaired) electrons. The fourth-order valence-electron chi connectivity index (χ4n) is 4.81. The van der Waals surface area contributed by atoms with Crippen LogP contribution in [0.5, 0.6) is 0 Å². The summed E-state index contributed by atoms with van der Waals surface area (Å²) in [5.74, 6) is -0.141. The van der Waals surface area contributed by atoms with E-state index in [1.165, 1.54) is 12.2 Å². The molecule has 0 saturated carbocycles. The van der Waals surface area contributed by atoms with Crippen LogP contribution in [0.1, 0.15) is 35.2 Å². The molecular formula is C26H31F3N4O2. The van der Waals surface area contributed by atoms with E-state index in [1.54, 1.807) is 41.1 Å². The molecule has 188 valence electrons. The quantitative estimate of drug-likeness (QED) is 0.695. The molecule has 1 aliphatic carbocycles. The Morgan fingerprint density at radius 1 is 1.03 bits per heavy atom. The van der Waals surface area contributed by atoms with Gasteiger partial charge in [-0.15, -0.1) is 0 Å². The monoisotopic (exact) mass is 488 g/mol. The molecule has 0 spiro atoms. The molecule has 1 N–H and O–H groups in total. The van der Waals surface area contributed by atoms with Gasteiger partial charge in [0, 0.05) is 45.3 Å². The normalized spacial score (nSPS) is 22.5. The van der Waals surface area contributed by atoms with Crippen molar-refractivity contribution in [3.8, 4) is 0 Å². The number of carbonyl (C=O) groups excluding carboxylic acids is 2. The number of nitrogens with zero attached hydrogens (tertiary/aromatic N) is 3. The third kappa shape index (κ3) is 5.61. The molecule has 4 rings (SSSR count). The molecule has 0 bridgehead atoms. The topological polar surface area (TPSA) is 55.9 Å². The van der Waals surface area contributed by atoms with Crippen molar-refractivity contribution in [3.63, 3.8) is 0 Å². The van der Waals surface area contributed by atoms with Crippen LogP contribution in [0, 0.1) is 0 Å². The van der Waals surface area contributed by atoms with Crippen molar-refractivity contribution in [2.45, 2.75) is 37.5 Å². The number of likely N-dealkylation sites (tertiary alicyclic amines) is 1. The number of benzene rings is 1. The third-order valence-corrected chi connectivity index (χ3v) is 7.11. The zero-order valence-corrected chi connectivity index (χ0v) is 20.0. The summed E-state index contributed by atoms with van der Waals surface area (Å²) < 4.78 is 38.9. The second kappa shape index (κ2) is 10.3. The Morgan fingerprint density at radius 2 is 1.77 bits per heavy atom. The van der Waals surface area contributed by atoms with Gasteiger partial charge in [-0.1, -0.05) is 30.4 Å². The van der Waals surface area contributed by atoms with Crippen molar-refractivity contribution in [1.29, 1.82) is 0 Å². The molecule has 2 fully saturated rings. The highest BCUT2D eigenvalue weighted by atomic mass is 19.4. The molecule has 2 aliphatic heterocycles. The van der Waals surface area contributed by atoms with Crippen LogP contribution in [0.15, 0.2) is 54.1 Å². The van der Waals surface area contributed by atoms with Crippen LogP contribution < -0.4 is 5.32 Å². The molecule has 2 heterocycles. The van der Waals surface area contributed by atoms with Crippen LogP contribution in [-0.2, 0) is 0 Å². The van der Waals surface area contributed by atoms with Gasteiger partial charge in [-0.2, -0.15) is 13.2 Å². The summed E-state index contributed by atoms with van der Waals surface area (Å²) in [5.41, 5.74) is 1.34. The lowest BCUT2D eigenvalue weighted by Crippen LogP contribution is -2.47. The van der Waals surface area contributed by atoms with Gasteiger partial charge in [-0.25, -0.2) is 4.79 Å². The zero-order chi connectivity index (χ0) is 25.2. The van der Waals surface area contributed by atoms with Gasteiger partial charge in [0.25, 0.3) is 5.91 Å². The summed E-state index contributed by atoms with van der Waals surface area (Å²) in [7, 11) is 3.59. The van der Waals surface area contributed by atoms with Gasteiger partial charge in [-0.3, -0.25) is 4.79 Å². The van der Waals surface area contributed by atoms with E-state index in [9.17, 15) is 22.8 Å². The van der Waals surface area contributed by atoms with Crippen molar-refractivity contribution in [2.24, 2.45) is 0 Å². The maximum absolute atomic E-state index is 13.1. The Bertz CT molecular complexity index is 1040. The van der Waals surface area contributed by atoms with Crippen LogP contribution in [0.4, 0.5) is 18.0 Å². The van der Waals surface area contributed by atoms with E-state index in [1.807, 2.05) is 11.9 Å². The molecule has 2 unspecified atom stereocenters. The molecule has 2 saturated heterocycles. The number of nitrogens with one attached hydrogen (secondary N) is 1. The summed E-state index contributed by atoms with van der Waals surface area (Å²) >= 11 is 0. The first-order chi connectivity index (χ1) is 16.6. The first-order valence-electron chi connectivity index (χ1n) is 11.9. The van der Waals surface area contributed by atoms with Gasteiger partial charge in [0.1, 0.15) is 0 Å². The van der Waals surface area contributed by atoms with Crippen LogP contribution in [-0.4, -0.2) is 85.2 Å². The molecule has 0 aromatic heterocycles. The van der Waals surface area contributed by atoms with Crippen molar-refractivity contribution >= 4 is 17.5 Å². The minimum Gasteiger partial charge on any atom is -0.337 e. The number of halogens is 3. The highest BCUT2D eigenvalue weighted by Crippen LogP contribution is 2.31. The lowest BCUT2D eigenvalue weighted by atomic mass is 10.0. The minimum atomic E-state index is -4.38. The highest BCUT2D eigenvalue weighted by Gasteiger charge is 2.35. The van der Waals surface area contributed by atoms with Gasteiger partial charge >= 0.3 is 12.2 Å². The van der Waals surface area contributed by atoms with Gasteiger partial charge in [0.15, 0.2) is 0 Å². The van der Waals surface area contributed by atoms with Gasteiger partial charge < -0.3 is 20.0 Å². The average molecular weight is 489 g/mol. The Morgan fingerprint density at radius 3 is 2.43 bits per heavy atom. The SMILES string of the molecule is CN(C(=O)c1ccc(C2=CC=C(C(F)(F)F)C=CC2)cc1)C1CCN(C(=O)N(C)C2CCNC2)C1. The van der Waals surface area contributed by atoms with Crippen molar-refractivity contribution in [3.05, 3.63) is 65.3 Å². The van der Waals surface area contributed by atoms with E-state index in [0.29, 0.717) is 25.1 Å². The number of urea groups is 1. The van der Waals surface area contributed by atoms with E-state index in [4.69, 9.17) is 0 Å². The molecule has 35 heavy (non-hydrogen) atoms. The molecule has 1 aromatic carbocycles. The molecule has 9 heteroatoms. The molecule has 6 nitrogen and oxygen atoms in total. The number of hydrogen-bond donors (Lipinski definition) is 1. The molecular weight excluding hydrogens is 457 g/mol. The molecule has 2 atom stereocenters. The van der Waals surface area contributed by atoms with Crippen LogP contribution >= 0.6 is 0 Å². The van der Waals surface area contributed by atoms with E-state index >= 15 is 0 Å². The molecule has 1 aromatic rings. The summed E-state index contributed by atoms with van der Waals surface area (Å²) in [6.45, 7) is 2.83. The predicted molar refractivity (Wildman–Crippen MR) is 129 cm³/mol. The Hall–Kier alpha value is -3.07. The van der Waals surface area contributed by atoms with E-state index < -0.39 is 11.7 Å². The second-order valence-corrected chi connectivity index (χ2v) is 9.34. The van der Waals surface area contributed by atoms with Crippen molar-refractivity contribution in [2.75, 3.05) is 40.3 Å². The fourth-order valence-corrected chi connectivity index (χ4v) is 4.81. The maximum Gasteiger partial charge on any atom is 0.416 e. The van der Waals surface area contributed by atoms with E-state index in [2.05, 4.69) is 5.32 Å². The number of rotatable bonds is 4. The standard InChI is InChI=1S/C26H31F3N4O2/c1-31(23-13-15-33(17-23)25(35)32(2)22-12-14-30-16-22)24(34)20-8-6-19(7-9-20)18-4-3-5-21(11-10-18)26(27,28)29/h3,5-11,22-23,30H,4,12-17H2,1-2H3. The second-order valence-electron chi connectivity index (χ2n) is 9.34. The smallest absolute Gasteiger partial charge is 0.337 e. The van der Waals surface area contributed by atoms with Crippen LogP contribution in [0.25, 0.3) is 5.57 Å². The largest absolute Gasteiger partial charge is 0.416 e. The van der Waals surface area contributed by atoms with Gasteiger partial charge in [0.2, 0.25) is 0 Å². The number of alkyl halides is 3. The Kier molecular flexibility index (Phi) is 7.35. The number of hydrogen-bond acceptors (Lipinski definition) is 3. The van der Waals surface area contributed by atoms with Crippen molar-refractivity contribution < 1.29 is 22.8 Å². The van der Waals surface area contributed by atoms with Gasteiger partial charge in [0.05, 0.1) is 11.6 Å².